The van der Waals surface area contributed by atoms with Gasteiger partial charge >= 0.3 is 0 Å². The molecule has 4 nitrogen and oxygen atoms in total. The summed E-state index contributed by atoms with van der Waals surface area (Å²) in [4.78, 5) is 14.0. The maximum absolute atomic E-state index is 12.0. The molecule has 1 N–H and O–H groups in total. The van der Waals surface area contributed by atoms with Gasteiger partial charge in [0.1, 0.15) is 5.69 Å². The number of carbonyl (C=O) groups is 1. The predicted octanol–water partition coefficient (Wildman–Crippen LogP) is 2.34. The second-order valence-corrected chi connectivity index (χ2v) is 4.40. The van der Waals surface area contributed by atoms with Gasteiger partial charge in [-0.25, -0.2) is 0 Å². The molecule has 1 amide bonds. The monoisotopic (exact) mass is 243 g/mol. The van der Waals surface area contributed by atoms with Gasteiger partial charge in [0, 0.05) is 38.7 Å². The summed E-state index contributed by atoms with van der Waals surface area (Å²) in [5.74, 6) is -0.0987. The Hall–Kier alpha value is -2.23. The quantitative estimate of drug-likeness (QED) is 0.898. The molecule has 18 heavy (non-hydrogen) atoms. The number of carbonyl (C=O) groups excluding carboxylic acids is 1. The Kier molecular flexibility index (Phi) is 3.37. The lowest BCUT2D eigenvalue weighted by Gasteiger charge is -2.14. The third-order valence-electron chi connectivity index (χ3n) is 2.80. The summed E-state index contributed by atoms with van der Waals surface area (Å²) in [5.41, 5.74) is 2.50. The smallest absolute Gasteiger partial charge is 0.272 e. The zero-order chi connectivity index (χ0) is 13.1. The van der Waals surface area contributed by atoms with Crippen molar-refractivity contribution in [2.75, 3.05) is 24.3 Å². The molecule has 2 aromatic rings. The number of nitrogens with zero attached hydrogens (tertiary/aromatic N) is 2. The van der Waals surface area contributed by atoms with E-state index in [4.69, 9.17) is 0 Å². The van der Waals surface area contributed by atoms with Gasteiger partial charge in [-0.05, 0) is 30.3 Å². The van der Waals surface area contributed by atoms with Crippen molar-refractivity contribution < 1.29 is 4.79 Å². The second kappa shape index (κ2) is 4.96. The van der Waals surface area contributed by atoms with Crippen LogP contribution in [-0.2, 0) is 7.05 Å². The normalized spacial score (nSPS) is 10.2. The third kappa shape index (κ3) is 2.53. The molecular formula is C14H17N3O. The van der Waals surface area contributed by atoms with Gasteiger partial charge in [0.05, 0.1) is 0 Å². The molecule has 0 aliphatic rings. The lowest BCUT2D eigenvalue weighted by molar-refractivity contribution is 0.101. The molecule has 1 aromatic heterocycles. The number of benzene rings is 1. The Balaban J connectivity index is 2.17. The first-order valence-electron chi connectivity index (χ1n) is 5.78. The topological polar surface area (TPSA) is 37.3 Å². The molecule has 0 atom stereocenters. The van der Waals surface area contributed by atoms with Crippen LogP contribution in [0, 0.1) is 0 Å². The van der Waals surface area contributed by atoms with Gasteiger partial charge in [-0.2, -0.15) is 0 Å². The van der Waals surface area contributed by atoms with E-state index < -0.39 is 0 Å². The number of aromatic nitrogens is 1. The number of hydrogen-bond donors (Lipinski definition) is 1. The second-order valence-electron chi connectivity index (χ2n) is 4.40. The van der Waals surface area contributed by atoms with Crippen LogP contribution >= 0.6 is 0 Å². The van der Waals surface area contributed by atoms with Crippen molar-refractivity contribution in [3.63, 3.8) is 0 Å². The minimum Gasteiger partial charge on any atom is -0.378 e. The van der Waals surface area contributed by atoms with E-state index in [9.17, 15) is 4.79 Å². The van der Waals surface area contributed by atoms with Gasteiger partial charge < -0.3 is 14.8 Å². The van der Waals surface area contributed by atoms with Crippen molar-refractivity contribution in [3.05, 3.63) is 48.3 Å². The number of amides is 1. The summed E-state index contributed by atoms with van der Waals surface area (Å²) < 4.78 is 1.80. The van der Waals surface area contributed by atoms with E-state index >= 15 is 0 Å². The van der Waals surface area contributed by atoms with Crippen LogP contribution in [0.1, 0.15) is 10.5 Å². The Bertz CT molecular complexity index is 558. The fourth-order valence-electron chi connectivity index (χ4n) is 1.75. The van der Waals surface area contributed by atoms with Gasteiger partial charge in [-0.1, -0.05) is 6.07 Å². The molecule has 0 spiro atoms. The highest BCUT2D eigenvalue weighted by molar-refractivity contribution is 6.03. The van der Waals surface area contributed by atoms with Crippen LogP contribution in [-0.4, -0.2) is 24.6 Å². The van der Waals surface area contributed by atoms with Gasteiger partial charge in [-0.3, -0.25) is 4.79 Å². The molecule has 0 unspecified atom stereocenters. The van der Waals surface area contributed by atoms with Gasteiger partial charge in [0.25, 0.3) is 5.91 Å². The van der Waals surface area contributed by atoms with Crippen LogP contribution < -0.4 is 10.2 Å². The molecule has 1 heterocycles. The minimum atomic E-state index is -0.0987. The SMILES string of the molecule is CN(C)c1cccc(NC(=O)c2cccn2C)c1. The van der Waals surface area contributed by atoms with Crippen molar-refractivity contribution in [2.45, 2.75) is 0 Å². The van der Waals surface area contributed by atoms with Crippen molar-refractivity contribution >= 4 is 17.3 Å². The third-order valence-corrected chi connectivity index (χ3v) is 2.80. The lowest BCUT2D eigenvalue weighted by atomic mass is 10.2. The fraction of sp³-hybridized carbons (Fsp3) is 0.214. The van der Waals surface area contributed by atoms with Crippen LogP contribution in [0.2, 0.25) is 0 Å². The van der Waals surface area contributed by atoms with Crippen LogP contribution in [0.15, 0.2) is 42.6 Å². The molecule has 0 saturated carbocycles. The first-order valence-corrected chi connectivity index (χ1v) is 5.78. The summed E-state index contributed by atoms with van der Waals surface area (Å²) in [6, 6.07) is 11.4. The number of anilines is 2. The number of aryl methyl sites for hydroxylation is 1. The van der Waals surface area contributed by atoms with E-state index in [1.54, 1.807) is 10.6 Å². The summed E-state index contributed by atoms with van der Waals surface area (Å²) >= 11 is 0. The average molecular weight is 243 g/mol. The lowest BCUT2D eigenvalue weighted by Crippen LogP contribution is -2.16. The molecule has 0 aliphatic carbocycles. The van der Waals surface area contributed by atoms with E-state index in [1.807, 2.05) is 62.6 Å². The van der Waals surface area contributed by atoms with Crippen molar-refractivity contribution in [3.8, 4) is 0 Å². The number of rotatable bonds is 3. The van der Waals surface area contributed by atoms with Crippen molar-refractivity contribution in [1.29, 1.82) is 0 Å². The molecule has 0 aliphatic heterocycles. The van der Waals surface area contributed by atoms with Crippen molar-refractivity contribution in [2.24, 2.45) is 7.05 Å². The maximum atomic E-state index is 12.0. The van der Waals surface area contributed by atoms with Crippen molar-refractivity contribution in [1.82, 2.24) is 4.57 Å². The maximum Gasteiger partial charge on any atom is 0.272 e. The zero-order valence-electron chi connectivity index (χ0n) is 10.8. The first kappa shape index (κ1) is 12.2. The molecule has 0 fully saturated rings. The Morgan fingerprint density at radius 2 is 2.00 bits per heavy atom. The van der Waals surface area contributed by atoms with E-state index in [-0.39, 0.29) is 5.91 Å². The highest BCUT2D eigenvalue weighted by atomic mass is 16.1. The van der Waals surface area contributed by atoms with E-state index in [2.05, 4.69) is 5.32 Å². The molecule has 2 rings (SSSR count). The summed E-state index contributed by atoms with van der Waals surface area (Å²) in [6.45, 7) is 0. The molecular weight excluding hydrogens is 226 g/mol. The van der Waals surface area contributed by atoms with Crippen LogP contribution in [0.3, 0.4) is 0 Å². The predicted molar refractivity (Wildman–Crippen MR) is 74.1 cm³/mol. The summed E-state index contributed by atoms with van der Waals surface area (Å²) in [6.07, 6.45) is 1.85. The summed E-state index contributed by atoms with van der Waals surface area (Å²) in [5, 5.41) is 2.89. The molecule has 0 radical (unpaired) electrons. The van der Waals surface area contributed by atoms with Gasteiger partial charge in [-0.15, -0.1) is 0 Å². The molecule has 1 aromatic carbocycles. The number of nitrogens with one attached hydrogen (secondary N) is 1. The van der Waals surface area contributed by atoms with Gasteiger partial charge in [0.15, 0.2) is 0 Å². The fourth-order valence-corrected chi connectivity index (χ4v) is 1.75. The van der Waals surface area contributed by atoms with E-state index in [0.717, 1.165) is 11.4 Å². The highest BCUT2D eigenvalue weighted by Crippen LogP contribution is 2.18. The average Bonchev–Trinajstić information content (AvgIpc) is 2.76. The molecule has 0 saturated heterocycles. The zero-order valence-corrected chi connectivity index (χ0v) is 10.8. The van der Waals surface area contributed by atoms with E-state index in [1.165, 1.54) is 0 Å². The van der Waals surface area contributed by atoms with Gasteiger partial charge in [0.2, 0.25) is 0 Å². The Morgan fingerprint density at radius 3 is 2.61 bits per heavy atom. The largest absolute Gasteiger partial charge is 0.378 e. The molecule has 0 bridgehead atoms. The minimum absolute atomic E-state index is 0.0987. The molecule has 94 valence electrons. The number of hydrogen-bond acceptors (Lipinski definition) is 2. The van der Waals surface area contributed by atoms with Crippen LogP contribution in [0.25, 0.3) is 0 Å². The Morgan fingerprint density at radius 1 is 1.22 bits per heavy atom. The summed E-state index contributed by atoms with van der Waals surface area (Å²) in [7, 11) is 5.79. The Labute approximate surface area is 107 Å². The first-order chi connectivity index (χ1) is 8.58. The van der Waals surface area contributed by atoms with Crippen LogP contribution in [0.4, 0.5) is 11.4 Å². The van der Waals surface area contributed by atoms with E-state index in [0.29, 0.717) is 5.69 Å². The standard InChI is InChI=1S/C14H17N3O/c1-16(2)12-7-4-6-11(10-12)15-14(18)13-8-5-9-17(13)3/h4-10H,1-3H3,(H,15,18). The highest BCUT2D eigenvalue weighted by Gasteiger charge is 2.09. The molecule has 4 heteroatoms. The van der Waals surface area contributed by atoms with Crippen LogP contribution in [0.5, 0.6) is 0 Å².